The van der Waals surface area contributed by atoms with Gasteiger partial charge in [0.1, 0.15) is 0 Å². The minimum absolute atomic E-state index is 0.552. The van der Waals surface area contributed by atoms with Crippen LogP contribution in [0.4, 0.5) is 5.69 Å². The molecule has 1 aromatic carbocycles. The van der Waals surface area contributed by atoms with Crippen LogP contribution in [0.5, 0.6) is 0 Å². The highest BCUT2D eigenvalue weighted by molar-refractivity contribution is 14.2. The van der Waals surface area contributed by atoms with Gasteiger partial charge in [0.25, 0.3) is 0 Å². The van der Waals surface area contributed by atoms with E-state index in [1.807, 2.05) is 10.9 Å². The van der Waals surface area contributed by atoms with E-state index in [9.17, 15) is 0 Å². The average molecular weight is 372 g/mol. The predicted octanol–water partition coefficient (Wildman–Crippen LogP) is 5.34. The predicted molar refractivity (Wildman–Crippen MR) is 94.0 cm³/mol. The SMILES string of the molecule is C=CC(=C(C)C)c1ccc(N(N=C)PI)c(C)c1. The summed E-state index contributed by atoms with van der Waals surface area (Å²) in [6.07, 6.45) is 2.46. The third kappa shape index (κ3) is 3.42. The molecular formula is C14H18IN2P. The van der Waals surface area contributed by atoms with Crippen molar-refractivity contribution in [1.29, 1.82) is 0 Å². The lowest BCUT2D eigenvalue weighted by molar-refractivity contribution is 1.20. The quantitative estimate of drug-likeness (QED) is 0.224. The molecule has 1 unspecified atom stereocenters. The maximum absolute atomic E-state index is 4.02. The van der Waals surface area contributed by atoms with E-state index in [0.717, 1.165) is 5.69 Å². The van der Waals surface area contributed by atoms with Crippen LogP contribution >= 0.6 is 28.4 Å². The Morgan fingerprint density at radius 3 is 2.50 bits per heavy atom. The van der Waals surface area contributed by atoms with Gasteiger partial charge in [-0.3, -0.25) is 0 Å². The van der Waals surface area contributed by atoms with E-state index in [0.29, 0.717) is 6.37 Å². The molecule has 0 aliphatic heterocycles. The topological polar surface area (TPSA) is 15.6 Å². The molecule has 0 aliphatic carbocycles. The first kappa shape index (κ1) is 15.4. The molecule has 1 rings (SSSR count). The second-order valence-electron chi connectivity index (χ2n) is 4.16. The Labute approximate surface area is 124 Å². The van der Waals surface area contributed by atoms with Crippen molar-refractivity contribution in [3.8, 4) is 0 Å². The number of rotatable bonds is 5. The third-order valence-corrected chi connectivity index (χ3v) is 4.61. The van der Waals surface area contributed by atoms with E-state index in [1.54, 1.807) is 0 Å². The van der Waals surface area contributed by atoms with Gasteiger partial charge in [0, 0.05) is 6.72 Å². The van der Waals surface area contributed by atoms with Crippen molar-refractivity contribution in [1.82, 2.24) is 0 Å². The largest absolute Gasteiger partial charge is 0.238 e. The van der Waals surface area contributed by atoms with E-state index in [-0.39, 0.29) is 0 Å². The minimum atomic E-state index is 0.552. The molecule has 1 atom stereocenters. The van der Waals surface area contributed by atoms with Crippen LogP contribution in [0.15, 0.2) is 41.5 Å². The molecule has 0 saturated carbocycles. The Morgan fingerprint density at radius 1 is 1.44 bits per heavy atom. The van der Waals surface area contributed by atoms with Gasteiger partial charge in [-0.05, 0) is 71.6 Å². The van der Waals surface area contributed by atoms with Gasteiger partial charge in [0.05, 0.1) is 12.1 Å². The molecule has 96 valence electrons. The Kier molecular flexibility index (Phi) is 6.03. The van der Waals surface area contributed by atoms with E-state index >= 15 is 0 Å². The molecular weight excluding hydrogens is 354 g/mol. The van der Waals surface area contributed by atoms with Crippen molar-refractivity contribution in [3.05, 3.63) is 47.6 Å². The lowest BCUT2D eigenvalue weighted by atomic mass is 9.99. The number of allylic oxidation sites excluding steroid dienone is 3. The molecule has 0 amide bonds. The molecule has 0 aromatic heterocycles. The smallest absolute Gasteiger partial charge is 0.0684 e. The number of halogens is 1. The van der Waals surface area contributed by atoms with Crippen LogP contribution in [0.1, 0.15) is 25.0 Å². The van der Waals surface area contributed by atoms with Crippen LogP contribution in [0.3, 0.4) is 0 Å². The van der Waals surface area contributed by atoms with Crippen molar-refractivity contribution >= 4 is 46.4 Å². The molecule has 1 aromatic rings. The van der Waals surface area contributed by atoms with E-state index in [2.05, 4.69) is 79.4 Å². The van der Waals surface area contributed by atoms with Crippen molar-refractivity contribution in [3.63, 3.8) is 0 Å². The molecule has 0 spiro atoms. The number of hydrogen-bond acceptors (Lipinski definition) is 2. The summed E-state index contributed by atoms with van der Waals surface area (Å²) in [5.41, 5.74) is 5.97. The Bertz CT molecular complexity index is 491. The lowest BCUT2D eigenvalue weighted by Crippen LogP contribution is -2.02. The van der Waals surface area contributed by atoms with Crippen LogP contribution in [-0.4, -0.2) is 6.72 Å². The summed E-state index contributed by atoms with van der Waals surface area (Å²) in [6.45, 7) is 13.8. The first-order chi connectivity index (χ1) is 8.54. The van der Waals surface area contributed by atoms with Crippen LogP contribution in [0.25, 0.3) is 5.57 Å². The highest BCUT2D eigenvalue weighted by Crippen LogP contribution is 2.36. The van der Waals surface area contributed by atoms with E-state index < -0.39 is 0 Å². The van der Waals surface area contributed by atoms with Gasteiger partial charge in [-0.15, -0.1) is 0 Å². The van der Waals surface area contributed by atoms with E-state index in [1.165, 1.54) is 22.3 Å². The molecule has 0 bridgehead atoms. The third-order valence-electron chi connectivity index (χ3n) is 2.70. The monoisotopic (exact) mass is 372 g/mol. The number of anilines is 1. The fourth-order valence-electron chi connectivity index (χ4n) is 1.82. The van der Waals surface area contributed by atoms with Gasteiger partial charge in [0.2, 0.25) is 0 Å². The van der Waals surface area contributed by atoms with Crippen LogP contribution in [-0.2, 0) is 0 Å². The van der Waals surface area contributed by atoms with Gasteiger partial charge in [0.15, 0.2) is 0 Å². The molecule has 0 heterocycles. The van der Waals surface area contributed by atoms with E-state index in [4.69, 9.17) is 0 Å². The number of aryl methyl sites for hydroxylation is 1. The van der Waals surface area contributed by atoms with Gasteiger partial charge in [-0.2, -0.15) is 5.10 Å². The molecule has 0 radical (unpaired) electrons. The standard InChI is InChI=1S/C14H18IN2P/c1-6-13(10(2)3)12-7-8-14(11(4)9-12)17(16-5)18-15/h6-9,18H,1,5H2,2-4H3. The second-order valence-corrected chi connectivity index (χ2v) is 6.20. The maximum Gasteiger partial charge on any atom is 0.0684 e. The minimum Gasteiger partial charge on any atom is -0.238 e. The fourth-order valence-corrected chi connectivity index (χ4v) is 3.45. The molecule has 4 heteroatoms. The Hall–Kier alpha value is -0.670. The zero-order valence-corrected chi connectivity index (χ0v) is 14.2. The van der Waals surface area contributed by atoms with Gasteiger partial charge < -0.3 is 0 Å². The van der Waals surface area contributed by atoms with Gasteiger partial charge in [-0.1, -0.05) is 24.3 Å². The summed E-state index contributed by atoms with van der Waals surface area (Å²) in [5, 5.41) is 4.02. The normalized spacial score (nSPS) is 10.4. The first-order valence-corrected chi connectivity index (χ1v) is 9.65. The summed E-state index contributed by atoms with van der Waals surface area (Å²) < 4.78 is 1.91. The summed E-state index contributed by atoms with van der Waals surface area (Å²) in [7, 11) is 0. The lowest BCUT2D eigenvalue weighted by Gasteiger charge is -2.18. The number of hydrogen-bond donors (Lipinski definition) is 0. The fraction of sp³-hybridized carbons (Fsp3) is 0.214. The van der Waals surface area contributed by atoms with Crippen molar-refractivity contribution < 1.29 is 0 Å². The van der Waals surface area contributed by atoms with Crippen molar-refractivity contribution in [2.45, 2.75) is 20.8 Å². The van der Waals surface area contributed by atoms with Crippen LogP contribution in [0.2, 0.25) is 0 Å². The summed E-state index contributed by atoms with van der Waals surface area (Å²) in [5.74, 6) is 0. The number of benzene rings is 1. The zero-order chi connectivity index (χ0) is 13.7. The number of nitrogens with zero attached hydrogens (tertiary/aromatic N) is 2. The highest BCUT2D eigenvalue weighted by Gasteiger charge is 2.08. The van der Waals surface area contributed by atoms with Crippen molar-refractivity contribution in [2.24, 2.45) is 5.10 Å². The van der Waals surface area contributed by atoms with Crippen LogP contribution in [0, 0.1) is 6.92 Å². The zero-order valence-electron chi connectivity index (χ0n) is 11.0. The molecule has 0 saturated heterocycles. The summed E-state index contributed by atoms with van der Waals surface area (Å²) >= 11 is 2.30. The molecule has 0 N–H and O–H groups in total. The molecule has 0 aliphatic rings. The second kappa shape index (κ2) is 7.05. The van der Waals surface area contributed by atoms with Gasteiger partial charge >= 0.3 is 0 Å². The first-order valence-electron chi connectivity index (χ1n) is 5.59. The number of hydrazone groups is 1. The Morgan fingerprint density at radius 2 is 2.11 bits per heavy atom. The van der Waals surface area contributed by atoms with Crippen molar-refractivity contribution in [2.75, 3.05) is 4.78 Å². The van der Waals surface area contributed by atoms with Crippen LogP contribution < -0.4 is 4.78 Å². The molecule has 18 heavy (non-hydrogen) atoms. The summed E-state index contributed by atoms with van der Waals surface area (Å²) in [4.78, 5) is 0. The average Bonchev–Trinajstić information content (AvgIpc) is 2.33. The maximum atomic E-state index is 4.02. The Balaban J connectivity index is 3.25. The van der Waals surface area contributed by atoms with Gasteiger partial charge in [-0.25, -0.2) is 4.78 Å². The highest BCUT2D eigenvalue weighted by atomic mass is 127. The summed E-state index contributed by atoms with van der Waals surface area (Å²) in [6, 6.07) is 6.38. The molecule has 0 fully saturated rings. The molecule has 2 nitrogen and oxygen atoms in total.